The number of esters is 1. The minimum absolute atomic E-state index is 0.0762. The van der Waals surface area contributed by atoms with Crippen LogP contribution in [-0.4, -0.2) is 73.3 Å². The lowest BCUT2D eigenvalue weighted by Gasteiger charge is -2.34. The number of hydrogen-bond acceptors (Lipinski definition) is 6. The highest BCUT2D eigenvalue weighted by Gasteiger charge is 2.31. The Kier molecular flexibility index (Phi) is 7.21. The van der Waals surface area contributed by atoms with Crippen LogP contribution in [0.2, 0.25) is 0 Å². The molecule has 1 aliphatic rings. The zero-order valence-corrected chi connectivity index (χ0v) is 15.1. The van der Waals surface area contributed by atoms with Crippen LogP contribution in [0.5, 0.6) is 5.75 Å². The summed E-state index contributed by atoms with van der Waals surface area (Å²) in [4.78, 5) is 38.1. The molecule has 8 nitrogen and oxygen atoms in total. The quantitative estimate of drug-likeness (QED) is 0.719. The van der Waals surface area contributed by atoms with Gasteiger partial charge in [0.1, 0.15) is 5.75 Å². The number of rotatable bonds is 6. The van der Waals surface area contributed by atoms with Gasteiger partial charge in [-0.25, -0.2) is 0 Å². The van der Waals surface area contributed by atoms with Gasteiger partial charge < -0.3 is 19.7 Å². The fourth-order valence-corrected chi connectivity index (χ4v) is 2.55. The summed E-state index contributed by atoms with van der Waals surface area (Å²) in [7, 11) is 0. The molecule has 1 aromatic rings. The van der Waals surface area contributed by atoms with E-state index in [1.807, 2.05) is 4.90 Å². The first-order chi connectivity index (χ1) is 13.1. The highest BCUT2D eigenvalue weighted by atomic mass is 19.4. The molecule has 0 saturated carbocycles. The lowest BCUT2D eigenvalue weighted by atomic mass is 10.3. The van der Waals surface area contributed by atoms with Crippen molar-refractivity contribution in [1.82, 2.24) is 9.80 Å². The maximum absolute atomic E-state index is 12.1. The second-order valence-corrected chi connectivity index (χ2v) is 6.06. The Labute approximate surface area is 159 Å². The number of carbonyl (C=O) groups is 3. The molecule has 154 valence electrons. The molecular formula is C17H20F3N3O5. The standard InChI is InChI=1S/C17H20F3N3O5/c1-12(24)27-11-16(26)23-8-6-22(7-9-23)10-15(25)21-13-2-4-14(5-3-13)28-17(18,19)20/h2-5H,6-11H2,1H3,(H,21,25). The predicted molar refractivity (Wildman–Crippen MR) is 91.4 cm³/mol. The number of nitrogens with zero attached hydrogens (tertiary/aromatic N) is 2. The lowest BCUT2D eigenvalue weighted by molar-refractivity contribution is -0.274. The van der Waals surface area contributed by atoms with Crippen molar-refractivity contribution in [1.29, 1.82) is 0 Å². The van der Waals surface area contributed by atoms with Crippen molar-refractivity contribution in [2.24, 2.45) is 0 Å². The average molecular weight is 403 g/mol. The molecule has 0 radical (unpaired) electrons. The zero-order chi connectivity index (χ0) is 20.7. The lowest BCUT2D eigenvalue weighted by Crippen LogP contribution is -2.51. The Morgan fingerprint density at radius 3 is 2.21 bits per heavy atom. The number of halogens is 3. The number of benzene rings is 1. The van der Waals surface area contributed by atoms with Gasteiger partial charge in [-0.3, -0.25) is 19.3 Å². The van der Waals surface area contributed by atoms with Crippen LogP contribution in [0.4, 0.5) is 18.9 Å². The highest BCUT2D eigenvalue weighted by Crippen LogP contribution is 2.23. The Balaban J connectivity index is 1.74. The molecule has 1 aliphatic heterocycles. The van der Waals surface area contributed by atoms with Crippen molar-refractivity contribution in [2.45, 2.75) is 13.3 Å². The molecular weight excluding hydrogens is 383 g/mol. The van der Waals surface area contributed by atoms with Gasteiger partial charge >= 0.3 is 12.3 Å². The molecule has 2 amide bonds. The van der Waals surface area contributed by atoms with E-state index in [9.17, 15) is 27.6 Å². The van der Waals surface area contributed by atoms with Crippen molar-refractivity contribution in [3.8, 4) is 5.75 Å². The van der Waals surface area contributed by atoms with Crippen LogP contribution in [0, 0.1) is 0 Å². The van der Waals surface area contributed by atoms with E-state index in [2.05, 4.69) is 14.8 Å². The summed E-state index contributed by atoms with van der Waals surface area (Å²) in [5, 5.41) is 2.59. The first kappa shape index (κ1) is 21.5. The number of carbonyl (C=O) groups excluding carboxylic acids is 3. The number of hydrogen-bond donors (Lipinski definition) is 1. The number of nitrogens with one attached hydrogen (secondary N) is 1. The molecule has 1 heterocycles. The van der Waals surface area contributed by atoms with Crippen LogP contribution in [0.15, 0.2) is 24.3 Å². The maximum Gasteiger partial charge on any atom is 0.573 e. The van der Waals surface area contributed by atoms with E-state index in [4.69, 9.17) is 0 Å². The van der Waals surface area contributed by atoms with Crippen molar-refractivity contribution < 1.29 is 37.0 Å². The molecule has 0 aromatic heterocycles. The van der Waals surface area contributed by atoms with E-state index in [0.717, 1.165) is 12.1 Å². The molecule has 28 heavy (non-hydrogen) atoms. The van der Waals surface area contributed by atoms with Crippen LogP contribution < -0.4 is 10.1 Å². The van der Waals surface area contributed by atoms with E-state index >= 15 is 0 Å². The van der Waals surface area contributed by atoms with Crippen LogP contribution in [-0.2, 0) is 19.1 Å². The van der Waals surface area contributed by atoms with E-state index < -0.39 is 12.3 Å². The fraction of sp³-hybridized carbons (Fsp3) is 0.471. The summed E-state index contributed by atoms with van der Waals surface area (Å²) in [5.74, 6) is -1.52. The Morgan fingerprint density at radius 2 is 1.68 bits per heavy atom. The molecule has 11 heteroatoms. The molecule has 1 saturated heterocycles. The topological polar surface area (TPSA) is 88.2 Å². The monoisotopic (exact) mass is 403 g/mol. The molecule has 1 aromatic carbocycles. The number of ether oxygens (including phenoxy) is 2. The largest absolute Gasteiger partial charge is 0.573 e. The van der Waals surface area contributed by atoms with Gasteiger partial charge in [0.2, 0.25) is 5.91 Å². The van der Waals surface area contributed by atoms with Crippen molar-refractivity contribution in [2.75, 3.05) is 44.6 Å². The molecule has 0 spiro atoms. The van der Waals surface area contributed by atoms with Gasteiger partial charge in [-0.2, -0.15) is 0 Å². The smallest absolute Gasteiger partial charge is 0.456 e. The number of piperazine rings is 1. The number of amides is 2. The van der Waals surface area contributed by atoms with Gasteiger partial charge in [0.25, 0.3) is 5.91 Å². The third kappa shape index (κ3) is 7.43. The van der Waals surface area contributed by atoms with Gasteiger partial charge in [0, 0.05) is 38.8 Å². The SMILES string of the molecule is CC(=O)OCC(=O)N1CCN(CC(=O)Nc2ccc(OC(F)(F)F)cc2)CC1. The van der Waals surface area contributed by atoms with Crippen molar-refractivity contribution in [3.05, 3.63) is 24.3 Å². The van der Waals surface area contributed by atoms with E-state index in [-0.39, 0.29) is 30.7 Å². The predicted octanol–water partition coefficient (Wildman–Crippen LogP) is 1.23. The minimum Gasteiger partial charge on any atom is -0.456 e. The zero-order valence-electron chi connectivity index (χ0n) is 15.1. The molecule has 1 N–H and O–H groups in total. The normalized spacial score (nSPS) is 15.1. The summed E-state index contributed by atoms with van der Waals surface area (Å²) in [6, 6.07) is 4.84. The maximum atomic E-state index is 12.1. The summed E-state index contributed by atoms with van der Waals surface area (Å²) >= 11 is 0. The molecule has 0 bridgehead atoms. The van der Waals surface area contributed by atoms with Crippen LogP contribution in [0.1, 0.15) is 6.92 Å². The Bertz CT molecular complexity index is 701. The Morgan fingerprint density at radius 1 is 1.07 bits per heavy atom. The highest BCUT2D eigenvalue weighted by molar-refractivity contribution is 5.92. The molecule has 0 unspecified atom stereocenters. The van der Waals surface area contributed by atoms with Crippen LogP contribution in [0.25, 0.3) is 0 Å². The summed E-state index contributed by atoms with van der Waals surface area (Å²) in [6.45, 7) is 2.74. The summed E-state index contributed by atoms with van der Waals surface area (Å²) in [6.07, 6.45) is -4.77. The third-order valence-electron chi connectivity index (χ3n) is 3.86. The van der Waals surface area contributed by atoms with E-state index in [0.29, 0.717) is 31.9 Å². The first-order valence-corrected chi connectivity index (χ1v) is 8.41. The second kappa shape index (κ2) is 9.40. The summed E-state index contributed by atoms with van der Waals surface area (Å²) < 4.78 is 44.8. The first-order valence-electron chi connectivity index (χ1n) is 8.41. The number of alkyl halides is 3. The molecule has 2 rings (SSSR count). The van der Waals surface area contributed by atoms with E-state index in [1.165, 1.54) is 19.1 Å². The van der Waals surface area contributed by atoms with Gasteiger partial charge in [-0.1, -0.05) is 0 Å². The van der Waals surface area contributed by atoms with Crippen LogP contribution in [0.3, 0.4) is 0 Å². The van der Waals surface area contributed by atoms with Crippen LogP contribution >= 0.6 is 0 Å². The molecule has 1 fully saturated rings. The molecule has 0 atom stereocenters. The minimum atomic E-state index is -4.77. The van der Waals surface area contributed by atoms with Gasteiger partial charge in [0.05, 0.1) is 6.54 Å². The van der Waals surface area contributed by atoms with Crippen molar-refractivity contribution in [3.63, 3.8) is 0 Å². The van der Waals surface area contributed by atoms with Gasteiger partial charge in [-0.15, -0.1) is 13.2 Å². The molecule has 0 aliphatic carbocycles. The average Bonchev–Trinajstić information content (AvgIpc) is 2.60. The summed E-state index contributed by atoms with van der Waals surface area (Å²) in [5.41, 5.74) is 0.342. The van der Waals surface area contributed by atoms with Crippen molar-refractivity contribution >= 4 is 23.5 Å². The third-order valence-corrected chi connectivity index (χ3v) is 3.86. The second-order valence-electron chi connectivity index (χ2n) is 6.06. The Hall–Kier alpha value is -2.82. The van der Waals surface area contributed by atoms with Gasteiger partial charge in [-0.05, 0) is 24.3 Å². The van der Waals surface area contributed by atoms with Gasteiger partial charge in [0.15, 0.2) is 6.61 Å². The number of anilines is 1. The fourth-order valence-electron chi connectivity index (χ4n) is 2.55. The van der Waals surface area contributed by atoms with E-state index in [1.54, 1.807) is 4.90 Å².